The van der Waals surface area contributed by atoms with Gasteiger partial charge in [0.15, 0.2) is 5.69 Å². The number of hydrogen-bond donors (Lipinski definition) is 2. The van der Waals surface area contributed by atoms with Crippen LogP contribution in [0, 0.1) is 6.92 Å². The average Bonchev–Trinajstić information content (AvgIpc) is 2.77. The van der Waals surface area contributed by atoms with Gasteiger partial charge in [0.1, 0.15) is 11.4 Å². The maximum Gasteiger partial charge on any atom is 0.356 e. The van der Waals surface area contributed by atoms with Gasteiger partial charge in [0.2, 0.25) is 0 Å². The van der Waals surface area contributed by atoms with Gasteiger partial charge in [-0.3, -0.25) is 0 Å². The number of phenols is 1. The number of aromatic carboxylic acids is 1. The van der Waals surface area contributed by atoms with Crippen LogP contribution < -0.4 is 0 Å². The number of aryl methyl sites for hydroxylation is 1. The Labute approximate surface area is 111 Å². The molecular weight excluding hydrogens is 244 g/mol. The summed E-state index contributed by atoms with van der Waals surface area (Å²) in [4.78, 5) is 11.0. The molecule has 100 valence electrons. The lowest BCUT2D eigenvalue weighted by atomic mass is 10.1. The number of carboxylic acid groups (broad SMARTS) is 1. The zero-order valence-electron chi connectivity index (χ0n) is 11.1. The third-order valence-electron chi connectivity index (χ3n) is 2.91. The van der Waals surface area contributed by atoms with Crippen LogP contribution in [0.5, 0.6) is 5.75 Å². The average molecular weight is 260 g/mol. The molecule has 0 fully saturated rings. The first-order valence-corrected chi connectivity index (χ1v) is 6.03. The lowest BCUT2D eigenvalue weighted by Gasteiger charge is -2.12. The summed E-state index contributed by atoms with van der Waals surface area (Å²) in [5.41, 5.74) is 2.19. The molecule has 0 aliphatic heterocycles. The van der Waals surface area contributed by atoms with Crippen LogP contribution in [0.4, 0.5) is 0 Å². The quantitative estimate of drug-likeness (QED) is 0.889. The van der Waals surface area contributed by atoms with Gasteiger partial charge in [-0.2, -0.15) is 5.10 Å². The van der Waals surface area contributed by atoms with Gasteiger partial charge in [-0.15, -0.1) is 0 Å². The van der Waals surface area contributed by atoms with Crippen molar-refractivity contribution in [2.45, 2.75) is 26.7 Å². The molecule has 0 radical (unpaired) electrons. The van der Waals surface area contributed by atoms with E-state index in [0.29, 0.717) is 5.69 Å². The molecule has 2 aromatic rings. The number of nitrogens with zero attached hydrogens (tertiary/aromatic N) is 2. The first-order valence-electron chi connectivity index (χ1n) is 6.03. The molecule has 1 aromatic heterocycles. The van der Waals surface area contributed by atoms with Crippen molar-refractivity contribution in [3.05, 3.63) is 41.2 Å². The number of rotatable bonds is 3. The molecule has 5 heteroatoms. The summed E-state index contributed by atoms with van der Waals surface area (Å²) in [6.07, 6.45) is 0. The van der Waals surface area contributed by atoms with E-state index in [1.54, 1.807) is 18.2 Å². The molecule has 0 bridgehead atoms. The molecule has 2 N–H and O–H groups in total. The smallest absolute Gasteiger partial charge is 0.356 e. The number of carbonyl (C=O) groups is 1. The van der Waals surface area contributed by atoms with Crippen LogP contribution in [-0.4, -0.2) is 26.0 Å². The van der Waals surface area contributed by atoms with E-state index in [9.17, 15) is 9.90 Å². The zero-order chi connectivity index (χ0) is 14.2. The van der Waals surface area contributed by atoms with E-state index in [-0.39, 0.29) is 17.4 Å². The number of aromatic nitrogens is 2. The molecule has 0 saturated carbocycles. The van der Waals surface area contributed by atoms with Crippen molar-refractivity contribution < 1.29 is 15.0 Å². The highest BCUT2D eigenvalue weighted by Crippen LogP contribution is 2.27. The predicted molar refractivity (Wildman–Crippen MR) is 71.0 cm³/mol. The first-order chi connectivity index (χ1) is 8.90. The lowest BCUT2D eigenvalue weighted by molar-refractivity contribution is 0.0690. The Kier molecular flexibility index (Phi) is 3.29. The Balaban J connectivity index is 2.66. The number of hydrogen-bond acceptors (Lipinski definition) is 3. The summed E-state index contributed by atoms with van der Waals surface area (Å²) in [6, 6.07) is 6.68. The van der Waals surface area contributed by atoms with Gasteiger partial charge in [-0.05, 0) is 36.6 Å². The van der Waals surface area contributed by atoms with Crippen LogP contribution in [0.15, 0.2) is 24.3 Å². The van der Waals surface area contributed by atoms with Crippen molar-refractivity contribution >= 4 is 5.97 Å². The van der Waals surface area contributed by atoms with Gasteiger partial charge in [0.05, 0.1) is 0 Å². The van der Waals surface area contributed by atoms with E-state index in [4.69, 9.17) is 5.11 Å². The Morgan fingerprint density at radius 2 is 2.00 bits per heavy atom. The molecule has 2 rings (SSSR count). The summed E-state index contributed by atoms with van der Waals surface area (Å²) in [5.74, 6) is -0.902. The normalized spacial score (nSPS) is 10.9. The molecule has 0 spiro atoms. The molecule has 0 unspecified atom stereocenters. The highest BCUT2D eigenvalue weighted by atomic mass is 16.4. The van der Waals surface area contributed by atoms with Gasteiger partial charge >= 0.3 is 5.97 Å². The van der Waals surface area contributed by atoms with Gasteiger partial charge < -0.3 is 10.2 Å². The Bertz CT molecular complexity index is 630. The van der Waals surface area contributed by atoms with Gasteiger partial charge in [-0.1, -0.05) is 19.9 Å². The fraction of sp³-hybridized carbons (Fsp3) is 0.286. The fourth-order valence-corrected chi connectivity index (χ4v) is 1.91. The number of benzene rings is 1. The van der Waals surface area contributed by atoms with Crippen molar-refractivity contribution in [1.29, 1.82) is 0 Å². The van der Waals surface area contributed by atoms with Gasteiger partial charge in [0.25, 0.3) is 0 Å². The molecule has 0 atom stereocenters. The van der Waals surface area contributed by atoms with Crippen molar-refractivity contribution in [1.82, 2.24) is 9.78 Å². The van der Waals surface area contributed by atoms with Crippen LogP contribution in [0.2, 0.25) is 0 Å². The number of phenolic OH excluding ortho intramolecular Hbond substituents is 1. The van der Waals surface area contributed by atoms with E-state index in [1.807, 2.05) is 20.8 Å². The molecule has 5 nitrogen and oxygen atoms in total. The molecule has 0 aliphatic carbocycles. The topological polar surface area (TPSA) is 75.3 Å². The molecular formula is C14H16N2O3. The minimum absolute atomic E-state index is 0.0235. The zero-order valence-corrected chi connectivity index (χ0v) is 11.1. The van der Waals surface area contributed by atoms with E-state index < -0.39 is 5.97 Å². The fourth-order valence-electron chi connectivity index (χ4n) is 1.91. The molecule has 1 aromatic carbocycles. The van der Waals surface area contributed by atoms with Crippen LogP contribution in [-0.2, 0) is 0 Å². The molecule has 0 amide bonds. The SMILES string of the molecule is Cc1ccc(O)c(-n2nc(C(=O)O)cc2C(C)C)c1. The minimum Gasteiger partial charge on any atom is -0.506 e. The Hall–Kier alpha value is -2.30. The third kappa shape index (κ3) is 2.45. The standard InChI is InChI=1S/C14H16N2O3/c1-8(2)11-7-10(14(18)19)15-16(11)12-6-9(3)4-5-13(12)17/h4-8,17H,1-3H3,(H,18,19). The molecule has 1 heterocycles. The predicted octanol–water partition coefficient (Wildman–Crippen LogP) is 2.71. The van der Waals surface area contributed by atoms with E-state index >= 15 is 0 Å². The molecule has 0 saturated heterocycles. The lowest BCUT2D eigenvalue weighted by Crippen LogP contribution is -2.05. The van der Waals surface area contributed by atoms with Crippen molar-refractivity contribution in [2.75, 3.05) is 0 Å². The van der Waals surface area contributed by atoms with Crippen molar-refractivity contribution in [3.63, 3.8) is 0 Å². The second-order valence-electron chi connectivity index (χ2n) is 4.82. The van der Waals surface area contributed by atoms with Crippen LogP contribution >= 0.6 is 0 Å². The van der Waals surface area contributed by atoms with Crippen LogP contribution in [0.3, 0.4) is 0 Å². The van der Waals surface area contributed by atoms with E-state index in [2.05, 4.69) is 5.10 Å². The first kappa shape index (κ1) is 13.1. The molecule has 0 aliphatic rings. The summed E-state index contributed by atoms with van der Waals surface area (Å²) in [6.45, 7) is 5.80. The monoisotopic (exact) mass is 260 g/mol. The number of carboxylic acids is 1. The highest BCUT2D eigenvalue weighted by Gasteiger charge is 2.18. The highest BCUT2D eigenvalue weighted by molar-refractivity contribution is 5.85. The van der Waals surface area contributed by atoms with Gasteiger partial charge in [0, 0.05) is 5.69 Å². The number of aromatic hydroxyl groups is 1. The maximum absolute atomic E-state index is 11.0. The van der Waals surface area contributed by atoms with Crippen LogP contribution in [0.1, 0.15) is 41.5 Å². The third-order valence-corrected chi connectivity index (χ3v) is 2.91. The Morgan fingerprint density at radius 1 is 1.32 bits per heavy atom. The molecule has 19 heavy (non-hydrogen) atoms. The second-order valence-corrected chi connectivity index (χ2v) is 4.82. The summed E-state index contributed by atoms with van der Waals surface area (Å²) >= 11 is 0. The van der Waals surface area contributed by atoms with Crippen LogP contribution in [0.25, 0.3) is 5.69 Å². The van der Waals surface area contributed by atoms with E-state index in [0.717, 1.165) is 11.3 Å². The minimum atomic E-state index is -1.08. The largest absolute Gasteiger partial charge is 0.506 e. The second kappa shape index (κ2) is 4.76. The summed E-state index contributed by atoms with van der Waals surface area (Å²) in [7, 11) is 0. The summed E-state index contributed by atoms with van der Waals surface area (Å²) in [5, 5.41) is 23.0. The maximum atomic E-state index is 11.0. The summed E-state index contributed by atoms with van der Waals surface area (Å²) < 4.78 is 1.50. The van der Waals surface area contributed by atoms with Crippen molar-refractivity contribution in [2.24, 2.45) is 0 Å². The van der Waals surface area contributed by atoms with E-state index in [1.165, 1.54) is 10.7 Å². The Morgan fingerprint density at radius 3 is 2.58 bits per heavy atom. The van der Waals surface area contributed by atoms with Gasteiger partial charge in [-0.25, -0.2) is 9.48 Å². The van der Waals surface area contributed by atoms with Crippen molar-refractivity contribution in [3.8, 4) is 11.4 Å².